The zero-order valence-electron chi connectivity index (χ0n) is 10.5. The number of rotatable bonds is 3. The Morgan fingerprint density at radius 3 is 2.94 bits per heavy atom. The Bertz CT molecular complexity index is 466. The minimum absolute atomic E-state index is 0.00561. The monoisotopic (exact) mass is 245 g/mol. The number of nitrogens with one attached hydrogen (secondary N) is 1. The van der Waals surface area contributed by atoms with Gasteiger partial charge in [0.15, 0.2) is 0 Å². The molecule has 2 N–H and O–H groups in total. The molecule has 1 heterocycles. The van der Waals surface area contributed by atoms with E-state index in [0.717, 1.165) is 36.1 Å². The van der Waals surface area contributed by atoms with Crippen molar-refractivity contribution >= 4 is 5.91 Å². The van der Waals surface area contributed by atoms with Crippen LogP contribution in [0.2, 0.25) is 0 Å². The average Bonchev–Trinajstić information content (AvgIpc) is 2.34. The Hall–Kier alpha value is -1.35. The zero-order chi connectivity index (χ0) is 12.5. The SMILES string of the molecule is O=C1NCCc2ccc(C(O)CC3CCC3)cc21. The van der Waals surface area contributed by atoms with E-state index in [4.69, 9.17) is 0 Å². The summed E-state index contributed by atoms with van der Waals surface area (Å²) in [6.07, 6.45) is 5.07. The van der Waals surface area contributed by atoms with Crippen molar-refractivity contribution in [2.75, 3.05) is 6.54 Å². The Morgan fingerprint density at radius 2 is 2.22 bits per heavy atom. The number of hydrogen-bond acceptors (Lipinski definition) is 2. The smallest absolute Gasteiger partial charge is 0.251 e. The number of aliphatic hydroxyl groups is 1. The van der Waals surface area contributed by atoms with E-state index in [-0.39, 0.29) is 5.91 Å². The van der Waals surface area contributed by atoms with Gasteiger partial charge in [-0.2, -0.15) is 0 Å². The predicted molar refractivity (Wildman–Crippen MR) is 69.4 cm³/mol. The minimum Gasteiger partial charge on any atom is -0.388 e. The van der Waals surface area contributed by atoms with Crippen LogP contribution in [-0.2, 0) is 6.42 Å². The first kappa shape index (κ1) is 11.7. The summed E-state index contributed by atoms with van der Waals surface area (Å²) in [6, 6.07) is 5.83. The molecule has 2 aliphatic rings. The van der Waals surface area contributed by atoms with E-state index in [2.05, 4.69) is 5.32 Å². The molecule has 1 fully saturated rings. The molecule has 0 spiro atoms. The van der Waals surface area contributed by atoms with E-state index in [1.165, 1.54) is 19.3 Å². The van der Waals surface area contributed by atoms with Crippen LogP contribution >= 0.6 is 0 Å². The van der Waals surface area contributed by atoms with Gasteiger partial charge in [0, 0.05) is 12.1 Å². The van der Waals surface area contributed by atoms with Gasteiger partial charge in [0.25, 0.3) is 5.91 Å². The van der Waals surface area contributed by atoms with Gasteiger partial charge in [0.1, 0.15) is 0 Å². The van der Waals surface area contributed by atoms with Crippen LogP contribution in [0.1, 0.15) is 53.3 Å². The maximum absolute atomic E-state index is 11.8. The van der Waals surface area contributed by atoms with E-state index in [0.29, 0.717) is 5.92 Å². The van der Waals surface area contributed by atoms with Crippen molar-refractivity contribution in [3.05, 3.63) is 34.9 Å². The molecule has 3 nitrogen and oxygen atoms in total. The van der Waals surface area contributed by atoms with Crippen LogP contribution in [0.3, 0.4) is 0 Å². The lowest BCUT2D eigenvalue weighted by molar-refractivity contribution is 0.0945. The molecule has 1 aromatic carbocycles. The number of aliphatic hydroxyl groups excluding tert-OH is 1. The molecule has 1 aromatic rings. The van der Waals surface area contributed by atoms with Crippen molar-refractivity contribution in [1.29, 1.82) is 0 Å². The first-order chi connectivity index (χ1) is 8.74. The van der Waals surface area contributed by atoms with Gasteiger partial charge in [-0.3, -0.25) is 4.79 Å². The third-order valence-electron chi connectivity index (χ3n) is 4.22. The van der Waals surface area contributed by atoms with Gasteiger partial charge in [-0.25, -0.2) is 0 Å². The molecule has 0 bridgehead atoms. The van der Waals surface area contributed by atoms with Crippen molar-refractivity contribution in [1.82, 2.24) is 5.32 Å². The molecule has 1 atom stereocenters. The highest BCUT2D eigenvalue weighted by atomic mass is 16.3. The summed E-state index contributed by atoms with van der Waals surface area (Å²) in [7, 11) is 0. The standard InChI is InChI=1S/C15H19NO2/c17-14(8-10-2-1-3-10)12-5-4-11-6-7-16-15(18)13(11)9-12/h4-5,9-10,14,17H,1-3,6-8H2,(H,16,18). The molecule has 1 saturated carbocycles. The zero-order valence-corrected chi connectivity index (χ0v) is 10.5. The summed E-state index contributed by atoms with van der Waals surface area (Å²) in [5.74, 6) is 0.666. The highest BCUT2D eigenvalue weighted by Crippen LogP contribution is 2.35. The maximum Gasteiger partial charge on any atom is 0.251 e. The Morgan fingerprint density at radius 1 is 1.39 bits per heavy atom. The predicted octanol–water partition coefficient (Wildman–Crippen LogP) is 2.20. The molecule has 3 rings (SSSR count). The summed E-state index contributed by atoms with van der Waals surface area (Å²) in [5.41, 5.74) is 2.72. The summed E-state index contributed by atoms with van der Waals surface area (Å²) < 4.78 is 0. The first-order valence-corrected chi connectivity index (χ1v) is 6.83. The second-order valence-electron chi connectivity index (χ2n) is 5.47. The third-order valence-corrected chi connectivity index (χ3v) is 4.22. The number of fused-ring (bicyclic) bond motifs is 1. The molecule has 1 aliphatic carbocycles. The quantitative estimate of drug-likeness (QED) is 0.857. The lowest BCUT2D eigenvalue weighted by Gasteiger charge is -2.28. The van der Waals surface area contributed by atoms with E-state index < -0.39 is 6.10 Å². The summed E-state index contributed by atoms with van der Waals surface area (Å²) >= 11 is 0. The van der Waals surface area contributed by atoms with Gasteiger partial charge in [0.05, 0.1) is 6.10 Å². The number of benzene rings is 1. The lowest BCUT2D eigenvalue weighted by Crippen LogP contribution is -2.32. The fourth-order valence-corrected chi connectivity index (χ4v) is 2.82. The summed E-state index contributed by atoms with van der Waals surface area (Å²) in [5, 5.41) is 13.1. The van der Waals surface area contributed by atoms with Crippen LogP contribution < -0.4 is 5.32 Å². The summed E-state index contributed by atoms with van der Waals surface area (Å²) in [6.45, 7) is 0.718. The molecule has 96 valence electrons. The number of carbonyl (C=O) groups excluding carboxylic acids is 1. The third kappa shape index (κ3) is 2.15. The Balaban J connectivity index is 1.79. The lowest BCUT2D eigenvalue weighted by atomic mass is 9.80. The van der Waals surface area contributed by atoms with Gasteiger partial charge in [-0.1, -0.05) is 31.4 Å². The van der Waals surface area contributed by atoms with E-state index in [1.807, 2.05) is 18.2 Å². The largest absolute Gasteiger partial charge is 0.388 e. The van der Waals surface area contributed by atoms with Crippen LogP contribution in [-0.4, -0.2) is 17.6 Å². The van der Waals surface area contributed by atoms with Crippen molar-refractivity contribution in [2.45, 2.75) is 38.2 Å². The second kappa shape index (κ2) is 4.73. The van der Waals surface area contributed by atoms with Crippen molar-refractivity contribution in [2.24, 2.45) is 5.92 Å². The fourth-order valence-electron chi connectivity index (χ4n) is 2.82. The van der Waals surface area contributed by atoms with Gasteiger partial charge >= 0.3 is 0 Å². The van der Waals surface area contributed by atoms with Crippen LogP contribution in [0, 0.1) is 5.92 Å². The Kier molecular flexibility index (Phi) is 3.08. The maximum atomic E-state index is 11.8. The number of hydrogen-bond donors (Lipinski definition) is 2. The minimum atomic E-state index is -0.421. The van der Waals surface area contributed by atoms with E-state index >= 15 is 0 Å². The Labute approximate surface area is 107 Å². The van der Waals surface area contributed by atoms with Crippen molar-refractivity contribution in [3.63, 3.8) is 0 Å². The van der Waals surface area contributed by atoms with Gasteiger partial charge in [-0.05, 0) is 36.0 Å². The molecule has 0 radical (unpaired) electrons. The topological polar surface area (TPSA) is 49.3 Å². The van der Waals surface area contributed by atoms with Gasteiger partial charge in [-0.15, -0.1) is 0 Å². The van der Waals surface area contributed by atoms with Crippen LogP contribution in [0.4, 0.5) is 0 Å². The van der Waals surface area contributed by atoms with Crippen molar-refractivity contribution < 1.29 is 9.90 Å². The molecule has 1 aliphatic heterocycles. The van der Waals surface area contributed by atoms with Gasteiger partial charge in [0.2, 0.25) is 0 Å². The molecule has 3 heteroatoms. The first-order valence-electron chi connectivity index (χ1n) is 6.83. The molecule has 1 amide bonds. The van der Waals surface area contributed by atoms with E-state index in [9.17, 15) is 9.90 Å². The molecule has 0 aromatic heterocycles. The van der Waals surface area contributed by atoms with E-state index in [1.54, 1.807) is 0 Å². The second-order valence-corrected chi connectivity index (χ2v) is 5.47. The number of carbonyl (C=O) groups is 1. The van der Waals surface area contributed by atoms with Gasteiger partial charge < -0.3 is 10.4 Å². The average molecular weight is 245 g/mol. The highest BCUT2D eigenvalue weighted by molar-refractivity contribution is 5.96. The van der Waals surface area contributed by atoms with Crippen LogP contribution in [0.5, 0.6) is 0 Å². The van der Waals surface area contributed by atoms with Crippen LogP contribution in [0.15, 0.2) is 18.2 Å². The fraction of sp³-hybridized carbons (Fsp3) is 0.533. The normalized spacial score (nSPS) is 20.8. The highest BCUT2D eigenvalue weighted by Gasteiger charge is 2.23. The molecule has 1 unspecified atom stereocenters. The summed E-state index contributed by atoms with van der Waals surface area (Å²) in [4.78, 5) is 11.8. The molecular weight excluding hydrogens is 226 g/mol. The van der Waals surface area contributed by atoms with Crippen molar-refractivity contribution in [3.8, 4) is 0 Å². The number of amides is 1. The molecule has 0 saturated heterocycles. The molecular formula is C15H19NO2. The van der Waals surface area contributed by atoms with Crippen LogP contribution in [0.25, 0.3) is 0 Å². The molecule has 18 heavy (non-hydrogen) atoms.